The summed E-state index contributed by atoms with van der Waals surface area (Å²) in [6.07, 6.45) is 6.61. The largest absolute Gasteiger partial charge is 0.383 e. The Hall–Kier alpha value is -1.07. The number of piperidine rings is 1. The second-order valence-electron chi connectivity index (χ2n) is 4.80. The van der Waals surface area contributed by atoms with Crippen LogP contribution in [0.5, 0.6) is 0 Å². The minimum atomic E-state index is 0.617. The monoisotopic (exact) mass is 252 g/mol. The van der Waals surface area contributed by atoms with Crippen LogP contribution in [0, 0.1) is 0 Å². The van der Waals surface area contributed by atoms with Crippen LogP contribution in [0.3, 0.4) is 0 Å². The van der Waals surface area contributed by atoms with E-state index >= 15 is 0 Å². The Morgan fingerprint density at radius 1 is 1.56 bits per heavy atom. The first-order valence-electron chi connectivity index (χ1n) is 6.83. The lowest BCUT2D eigenvalue weighted by Gasteiger charge is -2.33. The summed E-state index contributed by atoms with van der Waals surface area (Å²) >= 11 is 0. The molecule has 1 aromatic rings. The molecule has 1 aliphatic rings. The lowest BCUT2D eigenvalue weighted by Crippen LogP contribution is -2.45. The second-order valence-corrected chi connectivity index (χ2v) is 4.80. The van der Waals surface area contributed by atoms with Crippen LogP contribution in [0.1, 0.15) is 19.8 Å². The summed E-state index contributed by atoms with van der Waals surface area (Å²) in [6, 6.07) is 0.617. The quantitative estimate of drug-likeness (QED) is 0.823. The van der Waals surface area contributed by atoms with E-state index in [4.69, 9.17) is 4.74 Å². The summed E-state index contributed by atoms with van der Waals surface area (Å²) < 4.78 is 7.02. The third-order valence-corrected chi connectivity index (χ3v) is 3.42. The van der Waals surface area contributed by atoms with Crippen LogP contribution in [0.15, 0.2) is 12.4 Å². The second kappa shape index (κ2) is 6.75. The van der Waals surface area contributed by atoms with E-state index in [1.807, 2.05) is 10.9 Å². The summed E-state index contributed by atoms with van der Waals surface area (Å²) in [5.41, 5.74) is 1.23. The molecule has 1 aromatic heterocycles. The predicted molar refractivity (Wildman–Crippen MR) is 73.0 cm³/mol. The Balaban J connectivity index is 1.91. The van der Waals surface area contributed by atoms with Crippen molar-refractivity contribution in [2.75, 3.05) is 38.3 Å². The molecule has 0 bridgehead atoms. The molecule has 18 heavy (non-hydrogen) atoms. The summed E-state index contributed by atoms with van der Waals surface area (Å²) in [5.74, 6) is 0. The third-order valence-electron chi connectivity index (χ3n) is 3.42. The van der Waals surface area contributed by atoms with Crippen molar-refractivity contribution in [2.45, 2.75) is 32.4 Å². The fraction of sp³-hybridized carbons (Fsp3) is 0.769. The molecule has 0 aromatic carbocycles. The zero-order valence-electron chi connectivity index (χ0n) is 11.4. The van der Waals surface area contributed by atoms with Crippen molar-refractivity contribution >= 4 is 5.69 Å². The van der Waals surface area contributed by atoms with Gasteiger partial charge in [0.2, 0.25) is 0 Å². The first-order valence-corrected chi connectivity index (χ1v) is 6.83. The molecule has 1 aliphatic heterocycles. The standard InChI is InChI=1S/C13H24N4O/c1-3-14-12-5-4-6-16(10-12)13-9-15-17(11-13)7-8-18-2/h9,11-12,14H,3-8,10H2,1-2H3. The predicted octanol–water partition coefficient (Wildman–Crippen LogP) is 1.11. The highest BCUT2D eigenvalue weighted by molar-refractivity contribution is 5.43. The van der Waals surface area contributed by atoms with Crippen LogP contribution in [0.4, 0.5) is 5.69 Å². The molecular weight excluding hydrogens is 228 g/mol. The fourth-order valence-corrected chi connectivity index (χ4v) is 2.49. The van der Waals surface area contributed by atoms with Gasteiger partial charge in [0.1, 0.15) is 0 Å². The van der Waals surface area contributed by atoms with Crippen molar-refractivity contribution < 1.29 is 4.74 Å². The number of rotatable bonds is 6. The Kier molecular flexibility index (Phi) is 5.01. The molecule has 1 saturated heterocycles. The highest BCUT2D eigenvalue weighted by Crippen LogP contribution is 2.19. The van der Waals surface area contributed by atoms with Gasteiger partial charge in [-0.2, -0.15) is 5.10 Å². The lowest BCUT2D eigenvalue weighted by molar-refractivity contribution is 0.183. The molecule has 1 unspecified atom stereocenters. The molecule has 0 amide bonds. The fourth-order valence-electron chi connectivity index (χ4n) is 2.49. The van der Waals surface area contributed by atoms with Gasteiger partial charge in [-0.05, 0) is 19.4 Å². The number of likely N-dealkylation sites (N-methyl/N-ethyl adjacent to an activating group) is 1. The first kappa shape index (κ1) is 13.4. The van der Waals surface area contributed by atoms with Crippen molar-refractivity contribution in [3.8, 4) is 0 Å². The Morgan fingerprint density at radius 3 is 3.22 bits per heavy atom. The average molecular weight is 252 g/mol. The topological polar surface area (TPSA) is 42.3 Å². The van der Waals surface area contributed by atoms with E-state index in [0.717, 1.165) is 26.2 Å². The number of ether oxygens (including phenoxy) is 1. The highest BCUT2D eigenvalue weighted by atomic mass is 16.5. The van der Waals surface area contributed by atoms with Crippen LogP contribution < -0.4 is 10.2 Å². The molecular formula is C13H24N4O. The minimum Gasteiger partial charge on any atom is -0.383 e. The molecule has 5 heteroatoms. The molecule has 2 rings (SSSR count). The molecule has 1 fully saturated rings. The van der Waals surface area contributed by atoms with Gasteiger partial charge < -0.3 is 15.0 Å². The zero-order chi connectivity index (χ0) is 12.8. The maximum absolute atomic E-state index is 5.07. The molecule has 5 nitrogen and oxygen atoms in total. The Bertz CT molecular complexity index is 351. The summed E-state index contributed by atoms with van der Waals surface area (Å²) in [7, 11) is 1.72. The normalized spacial score (nSPS) is 20.3. The van der Waals surface area contributed by atoms with E-state index < -0.39 is 0 Å². The van der Waals surface area contributed by atoms with Gasteiger partial charge in [-0.25, -0.2) is 0 Å². The zero-order valence-corrected chi connectivity index (χ0v) is 11.4. The van der Waals surface area contributed by atoms with Crippen LogP contribution in [0.2, 0.25) is 0 Å². The van der Waals surface area contributed by atoms with Gasteiger partial charge >= 0.3 is 0 Å². The molecule has 1 atom stereocenters. The molecule has 1 N–H and O–H groups in total. The van der Waals surface area contributed by atoms with E-state index in [1.54, 1.807) is 7.11 Å². The summed E-state index contributed by atoms with van der Waals surface area (Å²) in [6.45, 7) is 6.97. The summed E-state index contributed by atoms with van der Waals surface area (Å²) in [5, 5.41) is 7.91. The van der Waals surface area contributed by atoms with Crippen molar-refractivity contribution in [1.82, 2.24) is 15.1 Å². The molecule has 2 heterocycles. The van der Waals surface area contributed by atoms with Gasteiger partial charge in [-0.3, -0.25) is 4.68 Å². The van der Waals surface area contributed by atoms with Crippen molar-refractivity contribution in [2.24, 2.45) is 0 Å². The Morgan fingerprint density at radius 2 is 2.44 bits per heavy atom. The smallest absolute Gasteiger partial charge is 0.0753 e. The number of nitrogens with one attached hydrogen (secondary N) is 1. The average Bonchev–Trinajstić information content (AvgIpc) is 2.86. The van der Waals surface area contributed by atoms with Gasteiger partial charge in [-0.15, -0.1) is 0 Å². The van der Waals surface area contributed by atoms with Crippen molar-refractivity contribution in [3.05, 3.63) is 12.4 Å². The number of hydrogen-bond donors (Lipinski definition) is 1. The maximum Gasteiger partial charge on any atom is 0.0753 e. The third kappa shape index (κ3) is 3.46. The number of methoxy groups -OCH3 is 1. The Labute approximate surface area is 109 Å². The molecule has 0 radical (unpaired) electrons. The van der Waals surface area contributed by atoms with E-state index in [9.17, 15) is 0 Å². The maximum atomic E-state index is 5.07. The van der Waals surface area contributed by atoms with Gasteiger partial charge in [0.15, 0.2) is 0 Å². The molecule has 0 spiro atoms. The first-order chi connectivity index (χ1) is 8.83. The molecule has 0 saturated carbocycles. The van der Waals surface area contributed by atoms with Gasteiger partial charge in [-0.1, -0.05) is 6.92 Å². The van der Waals surface area contributed by atoms with E-state index in [0.29, 0.717) is 12.6 Å². The molecule has 102 valence electrons. The number of anilines is 1. The highest BCUT2D eigenvalue weighted by Gasteiger charge is 2.20. The van der Waals surface area contributed by atoms with Gasteiger partial charge in [0.05, 0.1) is 25.0 Å². The van der Waals surface area contributed by atoms with Crippen molar-refractivity contribution in [3.63, 3.8) is 0 Å². The van der Waals surface area contributed by atoms with Crippen LogP contribution >= 0.6 is 0 Å². The number of nitrogens with zero attached hydrogens (tertiary/aromatic N) is 3. The van der Waals surface area contributed by atoms with E-state index in [2.05, 4.69) is 28.4 Å². The SMILES string of the molecule is CCNC1CCCN(c2cnn(CCOC)c2)C1. The molecule has 0 aliphatic carbocycles. The van der Waals surface area contributed by atoms with Gasteiger partial charge in [0.25, 0.3) is 0 Å². The van der Waals surface area contributed by atoms with E-state index in [1.165, 1.54) is 18.5 Å². The van der Waals surface area contributed by atoms with Crippen LogP contribution in [-0.2, 0) is 11.3 Å². The number of hydrogen-bond acceptors (Lipinski definition) is 4. The van der Waals surface area contributed by atoms with Gasteiger partial charge in [0, 0.05) is 32.4 Å². The van der Waals surface area contributed by atoms with Crippen LogP contribution in [-0.4, -0.2) is 49.2 Å². The van der Waals surface area contributed by atoms with Crippen LogP contribution in [0.25, 0.3) is 0 Å². The van der Waals surface area contributed by atoms with Crippen molar-refractivity contribution in [1.29, 1.82) is 0 Å². The minimum absolute atomic E-state index is 0.617. The summed E-state index contributed by atoms with van der Waals surface area (Å²) in [4.78, 5) is 2.42. The number of aromatic nitrogens is 2. The lowest BCUT2D eigenvalue weighted by atomic mass is 10.1. The van der Waals surface area contributed by atoms with E-state index in [-0.39, 0.29) is 0 Å².